The van der Waals surface area contributed by atoms with Gasteiger partial charge in [-0.2, -0.15) is 0 Å². The van der Waals surface area contributed by atoms with Crippen LogP contribution in [0.5, 0.6) is 0 Å². The zero-order valence-electron chi connectivity index (χ0n) is 11.9. The summed E-state index contributed by atoms with van der Waals surface area (Å²) < 4.78 is 9.68. The summed E-state index contributed by atoms with van der Waals surface area (Å²) in [5.41, 5.74) is 0.265. The second kappa shape index (κ2) is 7.04. The van der Waals surface area contributed by atoms with E-state index in [2.05, 4.69) is 33.9 Å². The molecule has 0 saturated heterocycles. The number of rotatable bonds is 7. The Labute approximate surface area is 113 Å². The number of ether oxygens (including phenoxy) is 2. The topological polar surface area (TPSA) is 73.3 Å². The maximum atomic E-state index is 11.3. The molecule has 106 valence electrons. The number of hydrogen-bond donors (Lipinski definition) is 1. The van der Waals surface area contributed by atoms with Crippen LogP contribution in [0.15, 0.2) is 12.4 Å². The summed E-state index contributed by atoms with van der Waals surface area (Å²) in [6.07, 6.45) is 3.90. The Morgan fingerprint density at radius 1 is 1.37 bits per heavy atom. The van der Waals surface area contributed by atoms with Gasteiger partial charge in [0.1, 0.15) is 5.82 Å². The van der Waals surface area contributed by atoms with E-state index in [1.165, 1.54) is 13.3 Å². The van der Waals surface area contributed by atoms with Gasteiger partial charge in [-0.1, -0.05) is 13.8 Å². The van der Waals surface area contributed by atoms with Crippen LogP contribution in [0.25, 0.3) is 0 Å². The van der Waals surface area contributed by atoms with Gasteiger partial charge in [-0.25, -0.2) is 9.78 Å². The molecule has 19 heavy (non-hydrogen) atoms. The number of carbonyl (C=O) groups is 1. The predicted molar refractivity (Wildman–Crippen MR) is 72.1 cm³/mol. The first-order chi connectivity index (χ1) is 8.98. The highest BCUT2D eigenvalue weighted by atomic mass is 16.5. The van der Waals surface area contributed by atoms with Gasteiger partial charge < -0.3 is 14.8 Å². The Morgan fingerprint density at radius 3 is 2.74 bits per heavy atom. The molecule has 0 amide bonds. The lowest BCUT2D eigenvalue weighted by molar-refractivity contribution is 0.0593. The lowest BCUT2D eigenvalue weighted by Gasteiger charge is -2.24. The van der Waals surface area contributed by atoms with Crippen LogP contribution in [0.3, 0.4) is 0 Å². The molecule has 0 saturated carbocycles. The summed E-state index contributed by atoms with van der Waals surface area (Å²) in [5, 5.41) is 3.18. The minimum absolute atomic E-state index is 0.0684. The van der Waals surface area contributed by atoms with Gasteiger partial charge in [0, 0.05) is 20.3 Å². The first kappa shape index (κ1) is 15.4. The van der Waals surface area contributed by atoms with Gasteiger partial charge in [0.15, 0.2) is 5.69 Å². The zero-order valence-corrected chi connectivity index (χ0v) is 11.9. The number of nitrogens with one attached hydrogen (secondary N) is 1. The molecule has 0 aliphatic rings. The molecule has 0 radical (unpaired) electrons. The third-order valence-corrected chi connectivity index (χ3v) is 2.76. The molecule has 0 atom stereocenters. The highest BCUT2D eigenvalue weighted by Crippen LogP contribution is 2.20. The Hall–Kier alpha value is -1.69. The smallest absolute Gasteiger partial charge is 0.358 e. The van der Waals surface area contributed by atoms with Crippen molar-refractivity contribution in [3.8, 4) is 0 Å². The van der Waals surface area contributed by atoms with E-state index < -0.39 is 5.97 Å². The van der Waals surface area contributed by atoms with Gasteiger partial charge in [0.05, 0.1) is 19.5 Å². The van der Waals surface area contributed by atoms with Gasteiger partial charge in [0.25, 0.3) is 0 Å². The van der Waals surface area contributed by atoms with Gasteiger partial charge >= 0.3 is 5.97 Å². The molecular weight excluding hydrogens is 246 g/mol. The molecule has 0 spiro atoms. The number of hydrogen-bond acceptors (Lipinski definition) is 6. The number of esters is 1. The van der Waals surface area contributed by atoms with Crippen LogP contribution in [0.2, 0.25) is 0 Å². The van der Waals surface area contributed by atoms with Gasteiger partial charge in [0.2, 0.25) is 0 Å². The number of carbonyl (C=O) groups excluding carboxylic acids is 1. The molecule has 0 bridgehead atoms. The van der Waals surface area contributed by atoms with Crippen molar-refractivity contribution in [2.75, 3.05) is 32.7 Å². The molecule has 0 aromatic carbocycles. The Balaban J connectivity index is 2.60. The summed E-state index contributed by atoms with van der Waals surface area (Å²) >= 11 is 0. The van der Waals surface area contributed by atoms with E-state index in [4.69, 9.17) is 4.74 Å². The molecule has 0 aliphatic heterocycles. The van der Waals surface area contributed by atoms with E-state index in [0.29, 0.717) is 12.4 Å². The van der Waals surface area contributed by atoms with Crippen molar-refractivity contribution < 1.29 is 14.3 Å². The Bertz CT molecular complexity index is 421. The van der Waals surface area contributed by atoms with Crippen molar-refractivity contribution in [2.24, 2.45) is 5.41 Å². The molecule has 1 heterocycles. The van der Waals surface area contributed by atoms with E-state index in [1.54, 1.807) is 13.3 Å². The standard InChI is InChI=1S/C13H21N3O3/c1-13(2,5-6-18-3)9-15-11-8-14-7-10(16-11)12(17)19-4/h7-8H,5-6,9H2,1-4H3,(H,15,16). The largest absolute Gasteiger partial charge is 0.464 e. The summed E-state index contributed by atoms with van der Waals surface area (Å²) in [4.78, 5) is 19.5. The molecule has 6 heteroatoms. The molecule has 1 aromatic heterocycles. The number of anilines is 1. The van der Waals surface area contributed by atoms with E-state index in [9.17, 15) is 4.79 Å². The minimum atomic E-state index is -0.491. The van der Waals surface area contributed by atoms with Crippen molar-refractivity contribution in [1.29, 1.82) is 0 Å². The molecule has 6 nitrogen and oxygen atoms in total. The van der Waals surface area contributed by atoms with Crippen LogP contribution in [-0.2, 0) is 9.47 Å². The van der Waals surface area contributed by atoms with E-state index in [0.717, 1.165) is 13.0 Å². The van der Waals surface area contributed by atoms with Crippen LogP contribution in [-0.4, -0.2) is 43.3 Å². The third kappa shape index (κ3) is 5.21. The molecule has 0 aliphatic carbocycles. The van der Waals surface area contributed by atoms with Crippen molar-refractivity contribution in [3.63, 3.8) is 0 Å². The number of methoxy groups -OCH3 is 2. The van der Waals surface area contributed by atoms with Crippen LogP contribution in [0, 0.1) is 5.41 Å². The van der Waals surface area contributed by atoms with Crippen LogP contribution < -0.4 is 5.32 Å². The van der Waals surface area contributed by atoms with Crippen molar-refractivity contribution in [2.45, 2.75) is 20.3 Å². The van der Waals surface area contributed by atoms with Crippen LogP contribution in [0.1, 0.15) is 30.8 Å². The van der Waals surface area contributed by atoms with Gasteiger partial charge in [-0.15, -0.1) is 0 Å². The minimum Gasteiger partial charge on any atom is -0.464 e. The number of nitrogens with zero attached hydrogens (tertiary/aromatic N) is 2. The Morgan fingerprint density at radius 2 is 2.11 bits per heavy atom. The third-order valence-electron chi connectivity index (χ3n) is 2.76. The maximum Gasteiger partial charge on any atom is 0.358 e. The molecule has 0 fully saturated rings. The summed E-state index contributed by atoms with van der Waals surface area (Å²) in [6, 6.07) is 0. The highest BCUT2D eigenvalue weighted by Gasteiger charge is 2.18. The fourth-order valence-electron chi connectivity index (χ4n) is 1.45. The highest BCUT2D eigenvalue weighted by molar-refractivity contribution is 5.87. The van der Waals surface area contributed by atoms with Crippen molar-refractivity contribution in [1.82, 2.24) is 9.97 Å². The van der Waals surface area contributed by atoms with Gasteiger partial charge in [-0.05, 0) is 11.8 Å². The van der Waals surface area contributed by atoms with E-state index in [-0.39, 0.29) is 11.1 Å². The van der Waals surface area contributed by atoms with Crippen molar-refractivity contribution >= 4 is 11.8 Å². The SMILES string of the molecule is COCCC(C)(C)CNc1cncc(C(=O)OC)n1. The molecular formula is C13H21N3O3. The average molecular weight is 267 g/mol. The fraction of sp³-hybridized carbons (Fsp3) is 0.615. The lowest BCUT2D eigenvalue weighted by atomic mass is 9.90. The second-order valence-electron chi connectivity index (χ2n) is 5.04. The molecule has 1 rings (SSSR count). The lowest BCUT2D eigenvalue weighted by Crippen LogP contribution is -2.25. The summed E-state index contributed by atoms with van der Waals surface area (Å²) in [5.74, 6) is 0.0724. The molecule has 1 N–H and O–H groups in total. The van der Waals surface area contributed by atoms with E-state index >= 15 is 0 Å². The van der Waals surface area contributed by atoms with Crippen molar-refractivity contribution in [3.05, 3.63) is 18.1 Å². The van der Waals surface area contributed by atoms with E-state index in [1.807, 2.05) is 0 Å². The van der Waals surface area contributed by atoms with Crippen LogP contribution >= 0.6 is 0 Å². The zero-order chi connectivity index (χ0) is 14.3. The van der Waals surface area contributed by atoms with Crippen LogP contribution in [0.4, 0.5) is 5.82 Å². The van der Waals surface area contributed by atoms with Gasteiger partial charge in [-0.3, -0.25) is 4.98 Å². The normalized spacial score (nSPS) is 11.2. The quantitative estimate of drug-likeness (QED) is 0.759. The maximum absolute atomic E-state index is 11.3. The molecule has 1 aromatic rings. The summed E-state index contributed by atoms with van der Waals surface area (Å²) in [6.45, 7) is 5.70. The first-order valence-electron chi connectivity index (χ1n) is 6.12. The summed E-state index contributed by atoms with van der Waals surface area (Å²) in [7, 11) is 3.01. The predicted octanol–water partition coefficient (Wildman–Crippen LogP) is 1.74. The first-order valence-corrected chi connectivity index (χ1v) is 6.12. The Kier molecular flexibility index (Phi) is 5.69. The number of aromatic nitrogens is 2. The molecule has 0 unspecified atom stereocenters. The average Bonchev–Trinajstić information content (AvgIpc) is 2.42. The fourth-order valence-corrected chi connectivity index (χ4v) is 1.45. The monoisotopic (exact) mass is 267 g/mol. The second-order valence-corrected chi connectivity index (χ2v) is 5.04.